The Hall–Kier alpha value is -0.755. The summed E-state index contributed by atoms with van der Waals surface area (Å²) in [7, 11) is 0. The average molecular weight is 108 g/mol. The summed E-state index contributed by atoms with van der Waals surface area (Å²) < 4.78 is 0. The van der Waals surface area contributed by atoms with Crippen molar-refractivity contribution in [1.29, 1.82) is 0 Å². The van der Waals surface area contributed by atoms with E-state index in [1.54, 1.807) is 17.9 Å². The van der Waals surface area contributed by atoms with E-state index in [1.807, 2.05) is 0 Å². The molecule has 0 amide bonds. The monoisotopic (exact) mass is 108 g/mol. The first kappa shape index (κ1) is 7.24. The van der Waals surface area contributed by atoms with Crippen molar-refractivity contribution < 1.29 is 0 Å². The second-order valence-corrected chi connectivity index (χ2v) is 1.86. The fourth-order valence-corrected chi connectivity index (χ4v) is 0.289. The standard InChI is InChI=1S/C6H11BN/c1-4-7(8,5-2)6-3/h4-6H,1-3,8H2/q-1. The van der Waals surface area contributed by atoms with Gasteiger partial charge in [0.15, 0.2) is 0 Å². The van der Waals surface area contributed by atoms with Crippen LogP contribution in [0.4, 0.5) is 0 Å². The maximum atomic E-state index is 5.60. The lowest BCUT2D eigenvalue weighted by molar-refractivity contribution is 1.75. The lowest BCUT2D eigenvalue weighted by Gasteiger charge is -2.20. The van der Waals surface area contributed by atoms with E-state index >= 15 is 0 Å². The molecule has 1 nitrogen and oxygen atoms in total. The molecule has 0 heterocycles. The highest BCUT2D eigenvalue weighted by Crippen LogP contribution is 1.95. The Labute approximate surface area is 50.5 Å². The minimum atomic E-state index is -1.17. The van der Waals surface area contributed by atoms with E-state index in [1.165, 1.54) is 0 Å². The molecule has 0 aliphatic heterocycles. The van der Waals surface area contributed by atoms with Crippen molar-refractivity contribution in [1.82, 2.24) is 0 Å². The molecule has 0 aromatic carbocycles. The van der Waals surface area contributed by atoms with E-state index in [2.05, 4.69) is 19.7 Å². The van der Waals surface area contributed by atoms with Gasteiger partial charge in [0, 0.05) is 0 Å². The summed E-state index contributed by atoms with van der Waals surface area (Å²) in [6, 6.07) is 0. The molecule has 0 rings (SSSR count). The zero-order chi connectivity index (χ0) is 6.62. The Kier molecular flexibility index (Phi) is 2.29. The van der Waals surface area contributed by atoms with Gasteiger partial charge in [-0.3, -0.25) is 0 Å². The van der Waals surface area contributed by atoms with Crippen LogP contribution in [-0.4, -0.2) is 6.28 Å². The van der Waals surface area contributed by atoms with Gasteiger partial charge in [-0.05, 0) is 0 Å². The Balaban J connectivity index is 4.18. The highest BCUT2D eigenvalue weighted by molar-refractivity contribution is 6.90. The minimum Gasteiger partial charge on any atom is -0.492 e. The summed E-state index contributed by atoms with van der Waals surface area (Å²) in [6.07, 6.45) is -1.17. The van der Waals surface area contributed by atoms with Crippen LogP contribution in [-0.2, 0) is 0 Å². The lowest BCUT2D eigenvalue weighted by atomic mass is 9.37. The van der Waals surface area contributed by atoms with E-state index in [0.717, 1.165) is 0 Å². The zero-order valence-corrected chi connectivity index (χ0v) is 5.01. The first-order valence-corrected chi connectivity index (χ1v) is 2.56. The Morgan fingerprint density at radius 2 is 1.25 bits per heavy atom. The molecule has 0 atom stereocenters. The molecule has 0 aliphatic carbocycles. The largest absolute Gasteiger partial charge is 0.492 e. The van der Waals surface area contributed by atoms with Gasteiger partial charge in [0.2, 0.25) is 0 Å². The van der Waals surface area contributed by atoms with Crippen LogP contribution in [0.5, 0.6) is 0 Å². The molecule has 2 N–H and O–H groups in total. The molecule has 0 unspecified atom stereocenters. The number of nitrogens with two attached hydrogens (primary N) is 1. The summed E-state index contributed by atoms with van der Waals surface area (Å²) in [5, 5.41) is 0. The molecule has 0 fully saturated rings. The van der Waals surface area contributed by atoms with Crippen molar-refractivity contribution in [3.05, 3.63) is 37.7 Å². The molecule has 0 spiro atoms. The van der Waals surface area contributed by atoms with Crippen molar-refractivity contribution in [3.63, 3.8) is 0 Å². The summed E-state index contributed by atoms with van der Waals surface area (Å²) in [5.74, 6) is 4.96. The van der Waals surface area contributed by atoms with Crippen LogP contribution < -0.4 is 5.64 Å². The molecule has 0 radical (unpaired) electrons. The molecule has 0 aliphatic rings. The first-order chi connectivity index (χ1) is 3.68. The van der Waals surface area contributed by atoms with E-state index in [0.29, 0.717) is 0 Å². The maximum Gasteiger partial charge on any atom is 0.116 e. The summed E-state index contributed by atoms with van der Waals surface area (Å²) in [4.78, 5) is 0. The molecule has 8 heavy (non-hydrogen) atoms. The van der Waals surface area contributed by atoms with Gasteiger partial charge in [-0.2, -0.15) is 0 Å². The van der Waals surface area contributed by atoms with Gasteiger partial charge >= 0.3 is 0 Å². The second-order valence-electron chi connectivity index (χ2n) is 1.86. The van der Waals surface area contributed by atoms with Crippen molar-refractivity contribution in [3.8, 4) is 0 Å². The van der Waals surface area contributed by atoms with Crippen LogP contribution in [0.2, 0.25) is 0 Å². The number of hydrogen-bond acceptors (Lipinski definition) is 1. The summed E-state index contributed by atoms with van der Waals surface area (Å²) in [6.45, 7) is 10.6. The van der Waals surface area contributed by atoms with E-state index < -0.39 is 6.28 Å². The van der Waals surface area contributed by atoms with Crippen LogP contribution in [0.15, 0.2) is 37.7 Å². The highest BCUT2D eigenvalue weighted by atomic mass is 14.4. The third-order valence-corrected chi connectivity index (χ3v) is 1.22. The van der Waals surface area contributed by atoms with Gasteiger partial charge in [0.1, 0.15) is 6.28 Å². The maximum absolute atomic E-state index is 5.60. The summed E-state index contributed by atoms with van der Waals surface area (Å²) >= 11 is 0. The van der Waals surface area contributed by atoms with Crippen LogP contribution in [0.3, 0.4) is 0 Å². The molecule has 2 heteroatoms. The van der Waals surface area contributed by atoms with E-state index in [9.17, 15) is 0 Å². The topological polar surface area (TPSA) is 26.0 Å². The average Bonchev–Trinajstić information content (AvgIpc) is 1.87. The predicted octanol–water partition coefficient (Wildman–Crippen LogP) is 1.07. The minimum absolute atomic E-state index is 1.17. The van der Waals surface area contributed by atoms with Crippen molar-refractivity contribution in [2.75, 3.05) is 0 Å². The van der Waals surface area contributed by atoms with E-state index in [-0.39, 0.29) is 0 Å². The Morgan fingerprint density at radius 3 is 1.25 bits per heavy atom. The third kappa shape index (κ3) is 1.39. The lowest BCUT2D eigenvalue weighted by Crippen LogP contribution is -2.39. The van der Waals surface area contributed by atoms with Crippen LogP contribution >= 0.6 is 0 Å². The van der Waals surface area contributed by atoms with Crippen molar-refractivity contribution in [2.45, 2.75) is 0 Å². The SMILES string of the molecule is C=C[B-](N)(C=C)C=C. The molecular formula is C6H11BN-. The zero-order valence-electron chi connectivity index (χ0n) is 5.01. The second kappa shape index (κ2) is 2.53. The third-order valence-electron chi connectivity index (χ3n) is 1.22. The van der Waals surface area contributed by atoms with Crippen molar-refractivity contribution >= 4 is 6.28 Å². The van der Waals surface area contributed by atoms with Gasteiger partial charge in [0.05, 0.1) is 0 Å². The van der Waals surface area contributed by atoms with Gasteiger partial charge in [-0.15, -0.1) is 19.7 Å². The Bertz CT molecular complexity index is 95.9. The Morgan fingerprint density at radius 1 is 1.00 bits per heavy atom. The quantitative estimate of drug-likeness (QED) is 0.537. The molecule has 44 valence electrons. The molecule has 0 saturated carbocycles. The smallest absolute Gasteiger partial charge is 0.116 e. The highest BCUT2D eigenvalue weighted by Gasteiger charge is 2.01. The normalized spacial score (nSPS) is 10.1. The van der Waals surface area contributed by atoms with Crippen LogP contribution in [0.25, 0.3) is 0 Å². The number of hydrogen-bond donors (Lipinski definition) is 1. The van der Waals surface area contributed by atoms with Gasteiger partial charge in [0.25, 0.3) is 0 Å². The molecular weight excluding hydrogens is 96.9 g/mol. The predicted molar refractivity (Wildman–Crippen MR) is 40.5 cm³/mol. The molecule has 0 aromatic heterocycles. The fourth-order valence-electron chi connectivity index (χ4n) is 0.289. The van der Waals surface area contributed by atoms with Gasteiger partial charge in [-0.25, -0.2) is 17.9 Å². The van der Waals surface area contributed by atoms with Crippen molar-refractivity contribution in [2.24, 2.45) is 5.64 Å². The summed E-state index contributed by atoms with van der Waals surface area (Å²) in [5.41, 5.74) is 5.60. The molecule has 0 saturated heterocycles. The first-order valence-electron chi connectivity index (χ1n) is 2.56. The van der Waals surface area contributed by atoms with Crippen LogP contribution in [0, 0.1) is 0 Å². The molecule has 0 aromatic rings. The molecule has 0 bridgehead atoms. The fraction of sp³-hybridized carbons (Fsp3) is 0. The number of rotatable bonds is 3. The van der Waals surface area contributed by atoms with Gasteiger partial charge in [-0.1, -0.05) is 0 Å². The van der Waals surface area contributed by atoms with E-state index in [4.69, 9.17) is 5.64 Å². The van der Waals surface area contributed by atoms with Crippen LogP contribution in [0.1, 0.15) is 0 Å². The van der Waals surface area contributed by atoms with Gasteiger partial charge < -0.3 is 5.64 Å².